The van der Waals surface area contributed by atoms with Crippen LogP contribution in [0.1, 0.15) is 22.7 Å². The molecule has 0 aliphatic carbocycles. The second-order valence-corrected chi connectivity index (χ2v) is 5.77. The zero-order chi connectivity index (χ0) is 12.7. The van der Waals surface area contributed by atoms with Crippen molar-refractivity contribution in [2.45, 2.75) is 19.9 Å². The molecule has 0 bridgehead atoms. The highest BCUT2D eigenvalue weighted by Crippen LogP contribution is 2.30. The van der Waals surface area contributed by atoms with Crippen molar-refractivity contribution in [3.63, 3.8) is 0 Å². The molecular formula is C14H15N3S. The fraction of sp³-hybridized carbons (Fsp3) is 0.214. The Morgan fingerprint density at radius 2 is 2.00 bits per heavy atom. The van der Waals surface area contributed by atoms with Crippen molar-refractivity contribution in [2.24, 2.45) is 0 Å². The van der Waals surface area contributed by atoms with Crippen molar-refractivity contribution in [2.75, 3.05) is 5.73 Å². The number of aromatic nitrogens is 2. The Kier molecular flexibility index (Phi) is 2.59. The molecule has 2 aromatic heterocycles. The number of benzene rings is 1. The lowest BCUT2D eigenvalue weighted by atomic mass is 10.2. The molecule has 3 rings (SSSR count). The number of nitrogens with two attached hydrogens (primary N) is 1. The van der Waals surface area contributed by atoms with E-state index in [-0.39, 0.29) is 6.04 Å². The number of nitrogen functional groups attached to an aromatic ring is 1. The monoisotopic (exact) mass is 257 g/mol. The third-order valence-corrected chi connectivity index (χ3v) is 4.35. The van der Waals surface area contributed by atoms with Crippen LogP contribution in [-0.4, -0.2) is 9.55 Å². The van der Waals surface area contributed by atoms with Gasteiger partial charge in [-0.15, -0.1) is 11.3 Å². The van der Waals surface area contributed by atoms with E-state index >= 15 is 0 Å². The lowest BCUT2D eigenvalue weighted by molar-refractivity contribution is 0.680. The average Bonchev–Trinajstić information content (AvgIpc) is 2.91. The van der Waals surface area contributed by atoms with Gasteiger partial charge in [-0.3, -0.25) is 0 Å². The van der Waals surface area contributed by atoms with Crippen LogP contribution in [0, 0.1) is 6.92 Å². The summed E-state index contributed by atoms with van der Waals surface area (Å²) in [6, 6.07) is 12.6. The minimum Gasteiger partial charge on any atom is -0.369 e. The van der Waals surface area contributed by atoms with Gasteiger partial charge in [-0.1, -0.05) is 12.1 Å². The van der Waals surface area contributed by atoms with E-state index < -0.39 is 0 Å². The highest BCUT2D eigenvalue weighted by atomic mass is 32.1. The second kappa shape index (κ2) is 4.14. The highest BCUT2D eigenvalue weighted by Gasteiger charge is 2.16. The molecule has 1 atom stereocenters. The van der Waals surface area contributed by atoms with Gasteiger partial charge in [0.1, 0.15) is 0 Å². The zero-order valence-electron chi connectivity index (χ0n) is 10.4. The largest absolute Gasteiger partial charge is 0.369 e. The van der Waals surface area contributed by atoms with Crippen molar-refractivity contribution in [1.82, 2.24) is 9.55 Å². The van der Waals surface area contributed by atoms with Crippen LogP contribution >= 0.6 is 11.3 Å². The highest BCUT2D eigenvalue weighted by molar-refractivity contribution is 7.12. The van der Waals surface area contributed by atoms with Gasteiger partial charge >= 0.3 is 0 Å². The third kappa shape index (κ3) is 1.69. The van der Waals surface area contributed by atoms with Crippen LogP contribution in [0.15, 0.2) is 36.4 Å². The predicted octanol–water partition coefficient (Wildman–Crippen LogP) is 3.60. The van der Waals surface area contributed by atoms with Gasteiger partial charge in [0, 0.05) is 9.75 Å². The Labute approximate surface area is 110 Å². The summed E-state index contributed by atoms with van der Waals surface area (Å²) in [6.45, 7) is 4.28. The molecule has 0 saturated heterocycles. The van der Waals surface area contributed by atoms with Crippen LogP contribution in [0.25, 0.3) is 11.0 Å². The Balaban J connectivity index is 2.16. The van der Waals surface area contributed by atoms with E-state index in [0.29, 0.717) is 5.95 Å². The molecule has 4 heteroatoms. The summed E-state index contributed by atoms with van der Waals surface area (Å²) < 4.78 is 2.10. The number of thiophene rings is 1. The van der Waals surface area contributed by atoms with Crippen molar-refractivity contribution in [3.8, 4) is 0 Å². The fourth-order valence-corrected chi connectivity index (χ4v) is 3.20. The summed E-state index contributed by atoms with van der Waals surface area (Å²) in [7, 11) is 0. The number of rotatable bonds is 2. The molecule has 18 heavy (non-hydrogen) atoms. The summed E-state index contributed by atoms with van der Waals surface area (Å²) in [6.07, 6.45) is 0. The van der Waals surface area contributed by atoms with Gasteiger partial charge in [0.15, 0.2) is 0 Å². The molecule has 0 spiro atoms. The first kappa shape index (κ1) is 11.3. The third-order valence-electron chi connectivity index (χ3n) is 3.18. The number of hydrogen-bond acceptors (Lipinski definition) is 3. The molecule has 1 unspecified atom stereocenters. The quantitative estimate of drug-likeness (QED) is 0.762. The first-order valence-corrected chi connectivity index (χ1v) is 6.77. The smallest absolute Gasteiger partial charge is 0.201 e. The summed E-state index contributed by atoms with van der Waals surface area (Å²) >= 11 is 1.81. The van der Waals surface area contributed by atoms with Gasteiger partial charge in [-0.2, -0.15) is 0 Å². The minimum absolute atomic E-state index is 0.219. The Bertz CT molecular complexity index is 696. The van der Waals surface area contributed by atoms with E-state index in [1.807, 2.05) is 29.5 Å². The molecule has 2 heterocycles. The van der Waals surface area contributed by atoms with Crippen LogP contribution in [-0.2, 0) is 0 Å². The number of hydrogen-bond donors (Lipinski definition) is 1. The van der Waals surface area contributed by atoms with E-state index in [1.54, 1.807) is 0 Å². The summed E-state index contributed by atoms with van der Waals surface area (Å²) in [5.74, 6) is 0.578. The van der Waals surface area contributed by atoms with E-state index in [2.05, 4.69) is 41.6 Å². The molecule has 0 radical (unpaired) electrons. The van der Waals surface area contributed by atoms with Gasteiger partial charge in [0.05, 0.1) is 17.1 Å². The van der Waals surface area contributed by atoms with Gasteiger partial charge in [0.25, 0.3) is 0 Å². The van der Waals surface area contributed by atoms with Crippen LogP contribution in [0.2, 0.25) is 0 Å². The Morgan fingerprint density at radius 3 is 2.72 bits per heavy atom. The number of anilines is 1. The lowest BCUT2D eigenvalue weighted by Crippen LogP contribution is -2.08. The molecule has 0 fully saturated rings. The van der Waals surface area contributed by atoms with Gasteiger partial charge in [-0.25, -0.2) is 4.98 Å². The topological polar surface area (TPSA) is 43.8 Å². The standard InChI is InChI=1S/C14H15N3S/c1-9-7-8-13(18-9)10(2)17-12-6-4-3-5-11(12)16-14(17)15/h3-8,10H,1-2H3,(H2,15,16). The van der Waals surface area contributed by atoms with Crippen molar-refractivity contribution in [3.05, 3.63) is 46.2 Å². The second-order valence-electron chi connectivity index (χ2n) is 4.45. The maximum absolute atomic E-state index is 6.05. The molecule has 92 valence electrons. The normalized spacial score (nSPS) is 13.0. The molecule has 3 nitrogen and oxygen atoms in total. The van der Waals surface area contributed by atoms with Gasteiger partial charge in [0.2, 0.25) is 5.95 Å². The van der Waals surface area contributed by atoms with Gasteiger partial charge in [-0.05, 0) is 38.1 Å². The maximum Gasteiger partial charge on any atom is 0.201 e. The molecule has 2 N–H and O–H groups in total. The molecular weight excluding hydrogens is 242 g/mol. The molecule has 0 aliphatic heterocycles. The molecule has 0 saturated carbocycles. The Morgan fingerprint density at radius 1 is 1.22 bits per heavy atom. The number of imidazole rings is 1. The predicted molar refractivity (Wildman–Crippen MR) is 77.0 cm³/mol. The first-order valence-electron chi connectivity index (χ1n) is 5.95. The zero-order valence-corrected chi connectivity index (χ0v) is 11.2. The SMILES string of the molecule is Cc1ccc(C(C)n2c(N)nc3ccccc32)s1. The number of aryl methyl sites for hydroxylation is 1. The number of para-hydroxylation sites is 2. The summed E-state index contributed by atoms with van der Waals surface area (Å²) in [4.78, 5) is 7.04. The summed E-state index contributed by atoms with van der Waals surface area (Å²) in [5.41, 5.74) is 8.10. The average molecular weight is 257 g/mol. The van der Waals surface area contributed by atoms with Crippen molar-refractivity contribution >= 4 is 28.3 Å². The van der Waals surface area contributed by atoms with Crippen LogP contribution in [0.4, 0.5) is 5.95 Å². The van der Waals surface area contributed by atoms with Crippen molar-refractivity contribution in [1.29, 1.82) is 0 Å². The molecule has 3 aromatic rings. The molecule has 0 amide bonds. The van der Waals surface area contributed by atoms with E-state index in [1.165, 1.54) is 9.75 Å². The van der Waals surface area contributed by atoms with Crippen LogP contribution in [0.3, 0.4) is 0 Å². The van der Waals surface area contributed by atoms with Gasteiger partial charge < -0.3 is 10.3 Å². The fourth-order valence-electron chi connectivity index (χ4n) is 2.28. The summed E-state index contributed by atoms with van der Waals surface area (Å²) in [5, 5.41) is 0. The number of nitrogens with zero attached hydrogens (tertiary/aromatic N) is 2. The maximum atomic E-state index is 6.05. The minimum atomic E-state index is 0.219. The number of fused-ring (bicyclic) bond motifs is 1. The Hall–Kier alpha value is -1.81. The van der Waals surface area contributed by atoms with Crippen molar-refractivity contribution < 1.29 is 0 Å². The van der Waals surface area contributed by atoms with Crippen LogP contribution < -0.4 is 5.73 Å². The first-order chi connectivity index (χ1) is 8.66. The van der Waals surface area contributed by atoms with E-state index in [4.69, 9.17) is 5.73 Å². The molecule has 1 aromatic carbocycles. The van der Waals surface area contributed by atoms with E-state index in [0.717, 1.165) is 11.0 Å². The lowest BCUT2D eigenvalue weighted by Gasteiger charge is -2.14. The van der Waals surface area contributed by atoms with E-state index in [9.17, 15) is 0 Å². The van der Waals surface area contributed by atoms with Crippen LogP contribution in [0.5, 0.6) is 0 Å². The molecule has 0 aliphatic rings.